The van der Waals surface area contributed by atoms with Gasteiger partial charge >= 0.3 is 0 Å². The van der Waals surface area contributed by atoms with E-state index in [0.29, 0.717) is 6.54 Å². The highest BCUT2D eigenvalue weighted by atomic mass is 16.5. The number of carbonyl (C=O) groups is 1. The first-order chi connectivity index (χ1) is 8.17. The molecule has 0 saturated heterocycles. The summed E-state index contributed by atoms with van der Waals surface area (Å²) < 4.78 is 5.62. The second kappa shape index (κ2) is 4.75. The number of amides is 1. The van der Waals surface area contributed by atoms with E-state index in [9.17, 15) is 4.79 Å². The molecule has 4 nitrogen and oxygen atoms in total. The Labute approximate surface area is 101 Å². The summed E-state index contributed by atoms with van der Waals surface area (Å²) in [6, 6.07) is 5.77. The molecule has 92 valence electrons. The Morgan fingerprint density at radius 3 is 2.88 bits per heavy atom. The van der Waals surface area contributed by atoms with E-state index in [-0.39, 0.29) is 5.91 Å². The highest BCUT2D eigenvalue weighted by Crippen LogP contribution is 2.34. The van der Waals surface area contributed by atoms with Crippen molar-refractivity contribution in [3.63, 3.8) is 0 Å². The van der Waals surface area contributed by atoms with Crippen molar-refractivity contribution in [3.8, 4) is 5.75 Å². The van der Waals surface area contributed by atoms with Crippen LogP contribution in [0.25, 0.3) is 0 Å². The minimum atomic E-state index is -0.415. The number of hydrogen-bond acceptors (Lipinski definition) is 3. The first-order valence-electron chi connectivity index (χ1n) is 5.98. The summed E-state index contributed by atoms with van der Waals surface area (Å²) in [6.45, 7) is 5.04. The van der Waals surface area contributed by atoms with Gasteiger partial charge in [-0.15, -0.1) is 0 Å². The van der Waals surface area contributed by atoms with Crippen LogP contribution in [0.4, 0.5) is 5.69 Å². The fourth-order valence-corrected chi connectivity index (χ4v) is 2.04. The largest absolute Gasteiger partial charge is 0.479 e. The van der Waals surface area contributed by atoms with Gasteiger partial charge in [-0.3, -0.25) is 4.79 Å². The van der Waals surface area contributed by atoms with Gasteiger partial charge in [-0.2, -0.15) is 0 Å². The smallest absolute Gasteiger partial charge is 0.267 e. The molecule has 2 N–H and O–H groups in total. The van der Waals surface area contributed by atoms with Gasteiger partial charge in [0.15, 0.2) is 6.10 Å². The van der Waals surface area contributed by atoms with Crippen LogP contribution in [-0.2, 0) is 11.3 Å². The fourth-order valence-electron chi connectivity index (χ4n) is 2.04. The van der Waals surface area contributed by atoms with Crippen LogP contribution < -0.4 is 15.4 Å². The quantitative estimate of drug-likeness (QED) is 0.865. The van der Waals surface area contributed by atoms with Crippen molar-refractivity contribution in [2.45, 2.75) is 32.9 Å². The molecule has 17 heavy (non-hydrogen) atoms. The average molecular weight is 234 g/mol. The minimum Gasteiger partial charge on any atom is -0.479 e. The molecule has 1 amide bonds. The van der Waals surface area contributed by atoms with Crippen LogP contribution in [0.5, 0.6) is 5.75 Å². The van der Waals surface area contributed by atoms with E-state index in [1.807, 2.05) is 18.2 Å². The summed E-state index contributed by atoms with van der Waals surface area (Å²) in [7, 11) is 0. The number of nitrogens with zero attached hydrogens (tertiary/aromatic N) is 1. The molecule has 1 aromatic rings. The van der Waals surface area contributed by atoms with Crippen LogP contribution in [-0.4, -0.2) is 18.6 Å². The molecule has 1 unspecified atom stereocenters. The van der Waals surface area contributed by atoms with Gasteiger partial charge in [-0.25, -0.2) is 0 Å². The zero-order valence-corrected chi connectivity index (χ0v) is 10.3. The molecule has 0 spiro atoms. The molecule has 1 aliphatic rings. The van der Waals surface area contributed by atoms with E-state index in [0.717, 1.165) is 30.0 Å². The Bertz CT molecular complexity index is 431. The van der Waals surface area contributed by atoms with Crippen molar-refractivity contribution >= 4 is 11.6 Å². The Morgan fingerprint density at radius 1 is 1.47 bits per heavy atom. The number of ether oxygens (including phenoxy) is 1. The first-order valence-corrected chi connectivity index (χ1v) is 5.98. The monoisotopic (exact) mass is 234 g/mol. The Hall–Kier alpha value is -1.55. The second-order valence-corrected chi connectivity index (χ2v) is 4.26. The maximum atomic E-state index is 12.0. The lowest BCUT2D eigenvalue weighted by Gasteiger charge is -2.33. The summed E-state index contributed by atoms with van der Waals surface area (Å²) in [5.74, 6) is 0.786. The molecule has 0 saturated carbocycles. The summed E-state index contributed by atoms with van der Waals surface area (Å²) in [5, 5.41) is 0. The van der Waals surface area contributed by atoms with E-state index >= 15 is 0 Å². The van der Waals surface area contributed by atoms with E-state index in [1.165, 1.54) is 0 Å². The van der Waals surface area contributed by atoms with E-state index < -0.39 is 6.10 Å². The molecule has 1 atom stereocenters. The van der Waals surface area contributed by atoms with Gasteiger partial charge in [0.2, 0.25) is 0 Å². The van der Waals surface area contributed by atoms with Crippen molar-refractivity contribution in [1.29, 1.82) is 0 Å². The van der Waals surface area contributed by atoms with Gasteiger partial charge in [0.25, 0.3) is 5.91 Å². The zero-order valence-electron chi connectivity index (χ0n) is 10.3. The number of anilines is 1. The van der Waals surface area contributed by atoms with E-state index in [4.69, 9.17) is 10.5 Å². The normalized spacial score (nSPS) is 18.9. The predicted molar refractivity (Wildman–Crippen MR) is 67.1 cm³/mol. The highest BCUT2D eigenvalue weighted by Gasteiger charge is 2.30. The van der Waals surface area contributed by atoms with E-state index in [1.54, 1.807) is 11.8 Å². The van der Waals surface area contributed by atoms with Gasteiger partial charge < -0.3 is 15.4 Å². The maximum Gasteiger partial charge on any atom is 0.267 e. The number of carbonyl (C=O) groups excluding carboxylic acids is 1. The summed E-state index contributed by atoms with van der Waals surface area (Å²) in [6.07, 6.45) is 0.512. The number of nitrogens with two attached hydrogens (primary N) is 1. The van der Waals surface area contributed by atoms with Crippen LogP contribution in [0, 0.1) is 0 Å². The second-order valence-electron chi connectivity index (χ2n) is 4.26. The minimum absolute atomic E-state index is 0.0276. The fraction of sp³-hybridized carbons (Fsp3) is 0.462. The topological polar surface area (TPSA) is 55.6 Å². The van der Waals surface area contributed by atoms with Crippen LogP contribution in [0.3, 0.4) is 0 Å². The third-order valence-corrected chi connectivity index (χ3v) is 2.92. The van der Waals surface area contributed by atoms with Crippen molar-refractivity contribution in [1.82, 2.24) is 0 Å². The zero-order chi connectivity index (χ0) is 12.4. The Balaban J connectivity index is 2.41. The molecule has 4 heteroatoms. The summed E-state index contributed by atoms with van der Waals surface area (Å²) >= 11 is 0. The number of benzene rings is 1. The number of fused-ring (bicyclic) bond motifs is 1. The molecule has 1 aromatic carbocycles. The van der Waals surface area contributed by atoms with Crippen LogP contribution >= 0.6 is 0 Å². The lowest BCUT2D eigenvalue weighted by molar-refractivity contribution is -0.125. The summed E-state index contributed by atoms with van der Waals surface area (Å²) in [5.41, 5.74) is 7.47. The standard InChI is InChI=1S/C13H18N2O2/c1-3-6-15-11-5-4-10(8-14)7-12(11)17-9(2)13(15)16/h4-5,7,9H,3,6,8,14H2,1-2H3. The van der Waals surface area contributed by atoms with Crippen molar-refractivity contribution < 1.29 is 9.53 Å². The Morgan fingerprint density at radius 2 is 2.24 bits per heavy atom. The highest BCUT2D eigenvalue weighted by molar-refractivity contribution is 5.99. The number of rotatable bonds is 3. The molecule has 1 aliphatic heterocycles. The van der Waals surface area contributed by atoms with Gasteiger partial charge in [-0.1, -0.05) is 13.0 Å². The predicted octanol–water partition coefficient (Wildman–Crippen LogP) is 1.67. The van der Waals surface area contributed by atoms with Crippen molar-refractivity contribution in [2.24, 2.45) is 5.73 Å². The molecular weight excluding hydrogens is 216 g/mol. The van der Waals surface area contributed by atoms with Crippen LogP contribution in [0.15, 0.2) is 18.2 Å². The first kappa shape index (κ1) is 11.9. The number of hydrogen-bond donors (Lipinski definition) is 1. The van der Waals surface area contributed by atoms with Gasteiger partial charge in [0, 0.05) is 13.1 Å². The molecule has 0 radical (unpaired) electrons. The van der Waals surface area contributed by atoms with Crippen molar-refractivity contribution in [3.05, 3.63) is 23.8 Å². The van der Waals surface area contributed by atoms with Gasteiger partial charge in [-0.05, 0) is 31.0 Å². The van der Waals surface area contributed by atoms with Gasteiger partial charge in [0.05, 0.1) is 5.69 Å². The molecular formula is C13H18N2O2. The summed E-state index contributed by atoms with van der Waals surface area (Å²) in [4.78, 5) is 13.8. The molecule has 0 aliphatic carbocycles. The SMILES string of the molecule is CCCN1C(=O)C(C)Oc2cc(CN)ccc21. The third kappa shape index (κ3) is 2.13. The lowest BCUT2D eigenvalue weighted by Crippen LogP contribution is -2.44. The average Bonchev–Trinajstić information content (AvgIpc) is 2.34. The van der Waals surface area contributed by atoms with E-state index in [2.05, 4.69) is 6.92 Å². The van der Waals surface area contributed by atoms with Crippen molar-refractivity contribution in [2.75, 3.05) is 11.4 Å². The third-order valence-electron chi connectivity index (χ3n) is 2.92. The van der Waals surface area contributed by atoms with Gasteiger partial charge in [0.1, 0.15) is 5.75 Å². The van der Waals surface area contributed by atoms with Crippen LogP contribution in [0.2, 0.25) is 0 Å². The lowest BCUT2D eigenvalue weighted by atomic mass is 10.1. The molecule has 0 bridgehead atoms. The molecule has 2 rings (SSSR count). The molecule has 1 heterocycles. The molecule has 0 aromatic heterocycles. The Kier molecular flexibility index (Phi) is 3.33. The molecule has 0 fully saturated rings. The van der Waals surface area contributed by atoms with Crippen LogP contribution in [0.1, 0.15) is 25.8 Å². The maximum absolute atomic E-state index is 12.0.